The molecule has 0 aromatic heterocycles. The van der Waals surface area contributed by atoms with Crippen LogP contribution in [0.5, 0.6) is 0 Å². The third kappa shape index (κ3) is 2.84. The predicted molar refractivity (Wildman–Crippen MR) is 80.8 cm³/mol. The zero-order valence-electron chi connectivity index (χ0n) is 11.5. The zero-order chi connectivity index (χ0) is 15.0. The molecule has 4 N–H and O–H groups in total. The van der Waals surface area contributed by atoms with Crippen molar-refractivity contribution >= 4 is 15.7 Å². The maximum absolute atomic E-state index is 11.5. The Balaban J connectivity index is 2.52. The number of primary sulfonamides is 1. The van der Waals surface area contributed by atoms with Crippen molar-refractivity contribution < 1.29 is 8.42 Å². The van der Waals surface area contributed by atoms with Gasteiger partial charge in [0, 0.05) is 11.1 Å². The van der Waals surface area contributed by atoms with Gasteiger partial charge in [-0.05, 0) is 35.4 Å². The molecular weight excluding hydrogens is 272 g/mol. The molecule has 0 radical (unpaired) electrons. The summed E-state index contributed by atoms with van der Waals surface area (Å²) in [5.41, 5.74) is 7.99. The summed E-state index contributed by atoms with van der Waals surface area (Å²) in [6.45, 7) is 4.06. The normalized spacial score (nSPS) is 12.3. The van der Waals surface area contributed by atoms with E-state index in [-0.39, 0.29) is 10.3 Å². The van der Waals surface area contributed by atoms with Crippen molar-refractivity contribution in [1.82, 2.24) is 0 Å². The van der Waals surface area contributed by atoms with Crippen LogP contribution >= 0.6 is 0 Å². The van der Waals surface area contributed by atoms with Gasteiger partial charge in [0.25, 0.3) is 0 Å². The SMILES string of the molecule is CC(C)(c1ccc(N)cc1)c1cccc(S(N)(=O)=O)c1. The van der Waals surface area contributed by atoms with E-state index in [0.29, 0.717) is 5.69 Å². The molecule has 0 aliphatic carbocycles. The lowest BCUT2D eigenvalue weighted by molar-refractivity contribution is 0.596. The van der Waals surface area contributed by atoms with Crippen molar-refractivity contribution in [3.63, 3.8) is 0 Å². The molecule has 0 spiro atoms. The summed E-state index contributed by atoms with van der Waals surface area (Å²) >= 11 is 0. The summed E-state index contributed by atoms with van der Waals surface area (Å²) in [6, 6.07) is 14.3. The van der Waals surface area contributed by atoms with Crippen LogP contribution in [0.15, 0.2) is 53.4 Å². The van der Waals surface area contributed by atoms with Gasteiger partial charge in [0.05, 0.1) is 4.90 Å². The van der Waals surface area contributed by atoms with Crippen LogP contribution < -0.4 is 10.9 Å². The third-order valence-corrected chi connectivity index (χ3v) is 4.43. The lowest BCUT2D eigenvalue weighted by Gasteiger charge is -2.26. The maximum Gasteiger partial charge on any atom is 0.238 e. The fourth-order valence-electron chi connectivity index (χ4n) is 2.13. The van der Waals surface area contributed by atoms with E-state index in [4.69, 9.17) is 10.9 Å². The molecule has 0 amide bonds. The van der Waals surface area contributed by atoms with E-state index < -0.39 is 10.0 Å². The number of benzene rings is 2. The Morgan fingerprint density at radius 1 is 0.950 bits per heavy atom. The number of sulfonamides is 1. The summed E-state index contributed by atoms with van der Waals surface area (Å²) in [4.78, 5) is 0.124. The standard InChI is InChI=1S/C15H18N2O2S/c1-15(2,11-6-8-13(16)9-7-11)12-4-3-5-14(10-12)20(17,18)19/h3-10H,16H2,1-2H3,(H2,17,18,19). The Morgan fingerprint density at radius 3 is 2.10 bits per heavy atom. The summed E-state index contributed by atoms with van der Waals surface area (Å²) < 4.78 is 22.9. The highest BCUT2D eigenvalue weighted by molar-refractivity contribution is 7.89. The Hall–Kier alpha value is -1.85. The van der Waals surface area contributed by atoms with Crippen molar-refractivity contribution in [2.24, 2.45) is 5.14 Å². The van der Waals surface area contributed by atoms with Crippen LogP contribution in [0.25, 0.3) is 0 Å². The van der Waals surface area contributed by atoms with Crippen LogP contribution in [0.2, 0.25) is 0 Å². The van der Waals surface area contributed by atoms with Gasteiger partial charge in [-0.3, -0.25) is 0 Å². The van der Waals surface area contributed by atoms with Crippen molar-refractivity contribution in [1.29, 1.82) is 0 Å². The van der Waals surface area contributed by atoms with Gasteiger partial charge in [-0.15, -0.1) is 0 Å². The van der Waals surface area contributed by atoms with Crippen LogP contribution in [0.1, 0.15) is 25.0 Å². The number of hydrogen-bond donors (Lipinski definition) is 2. The van der Waals surface area contributed by atoms with Gasteiger partial charge in [0.1, 0.15) is 0 Å². The van der Waals surface area contributed by atoms with Gasteiger partial charge in [-0.2, -0.15) is 0 Å². The first-order chi connectivity index (χ1) is 9.21. The van der Waals surface area contributed by atoms with E-state index in [9.17, 15) is 8.42 Å². The van der Waals surface area contributed by atoms with E-state index in [2.05, 4.69) is 0 Å². The van der Waals surface area contributed by atoms with Gasteiger partial charge in [0.2, 0.25) is 10.0 Å². The molecule has 0 heterocycles. The largest absolute Gasteiger partial charge is 0.399 e. The molecule has 2 rings (SSSR count). The number of nitrogen functional groups attached to an aromatic ring is 1. The highest BCUT2D eigenvalue weighted by Gasteiger charge is 2.24. The van der Waals surface area contributed by atoms with Gasteiger partial charge < -0.3 is 5.73 Å². The van der Waals surface area contributed by atoms with Crippen LogP contribution in [0.3, 0.4) is 0 Å². The molecule has 0 atom stereocenters. The maximum atomic E-state index is 11.5. The molecule has 2 aromatic rings. The lowest BCUT2D eigenvalue weighted by atomic mass is 9.78. The molecule has 0 aliphatic heterocycles. The summed E-state index contributed by atoms with van der Waals surface area (Å²) in [7, 11) is -3.69. The summed E-state index contributed by atoms with van der Waals surface area (Å²) in [5, 5.41) is 5.18. The second-order valence-corrected chi connectivity index (χ2v) is 6.88. The van der Waals surface area contributed by atoms with E-state index in [0.717, 1.165) is 11.1 Å². The Morgan fingerprint density at radius 2 is 1.55 bits per heavy atom. The predicted octanol–water partition coefficient (Wildman–Crippen LogP) is 2.24. The monoisotopic (exact) mass is 290 g/mol. The number of anilines is 1. The minimum Gasteiger partial charge on any atom is -0.399 e. The average Bonchev–Trinajstić information content (AvgIpc) is 2.38. The molecule has 4 nitrogen and oxygen atoms in total. The third-order valence-electron chi connectivity index (χ3n) is 3.52. The highest BCUT2D eigenvalue weighted by atomic mass is 32.2. The van der Waals surface area contributed by atoms with E-state index in [1.807, 2.05) is 44.2 Å². The molecule has 0 aliphatic rings. The van der Waals surface area contributed by atoms with Crippen molar-refractivity contribution in [3.05, 3.63) is 59.7 Å². The number of nitrogens with two attached hydrogens (primary N) is 2. The Kier molecular flexibility index (Phi) is 3.58. The topological polar surface area (TPSA) is 86.2 Å². The van der Waals surface area contributed by atoms with E-state index >= 15 is 0 Å². The van der Waals surface area contributed by atoms with Crippen molar-refractivity contribution in [2.45, 2.75) is 24.2 Å². The van der Waals surface area contributed by atoms with Gasteiger partial charge >= 0.3 is 0 Å². The van der Waals surface area contributed by atoms with Gasteiger partial charge in [-0.25, -0.2) is 13.6 Å². The smallest absolute Gasteiger partial charge is 0.238 e. The first kappa shape index (κ1) is 14.6. The van der Waals surface area contributed by atoms with Crippen LogP contribution in [-0.4, -0.2) is 8.42 Å². The number of rotatable bonds is 3. The molecule has 0 saturated carbocycles. The van der Waals surface area contributed by atoms with Crippen molar-refractivity contribution in [2.75, 3.05) is 5.73 Å². The van der Waals surface area contributed by atoms with Crippen LogP contribution in [0.4, 0.5) is 5.69 Å². The van der Waals surface area contributed by atoms with Gasteiger partial charge in [0.15, 0.2) is 0 Å². The van der Waals surface area contributed by atoms with Crippen molar-refractivity contribution in [3.8, 4) is 0 Å². The molecule has 0 saturated heterocycles. The fourth-order valence-corrected chi connectivity index (χ4v) is 2.69. The summed E-state index contributed by atoms with van der Waals surface area (Å²) in [5.74, 6) is 0. The minimum atomic E-state index is -3.69. The zero-order valence-corrected chi connectivity index (χ0v) is 12.3. The fraction of sp³-hybridized carbons (Fsp3) is 0.200. The average molecular weight is 290 g/mol. The molecule has 5 heteroatoms. The minimum absolute atomic E-state index is 0.124. The Bertz CT molecular complexity index is 720. The summed E-state index contributed by atoms with van der Waals surface area (Å²) in [6.07, 6.45) is 0. The second-order valence-electron chi connectivity index (χ2n) is 5.32. The first-order valence-corrected chi connectivity index (χ1v) is 7.75. The molecule has 0 bridgehead atoms. The first-order valence-electron chi connectivity index (χ1n) is 6.20. The molecule has 2 aromatic carbocycles. The molecule has 0 unspecified atom stereocenters. The van der Waals surface area contributed by atoms with Gasteiger partial charge in [-0.1, -0.05) is 38.1 Å². The van der Waals surface area contributed by atoms with Crippen LogP contribution in [-0.2, 0) is 15.4 Å². The highest BCUT2D eigenvalue weighted by Crippen LogP contribution is 2.32. The molecular formula is C15H18N2O2S. The van der Waals surface area contributed by atoms with E-state index in [1.54, 1.807) is 12.1 Å². The molecule has 20 heavy (non-hydrogen) atoms. The molecule has 0 fully saturated rings. The van der Waals surface area contributed by atoms with E-state index in [1.165, 1.54) is 6.07 Å². The Labute approximate surface area is 119 Å². The molecule has 106 valence electrons. The number of hydrogen-bond acceptors (Lipinski definition) is 3. The lowest BCUT2D eigenvalue weighted by Crippen LogP contribution is -2.20. The quantitative estimate of drug-likeness (QED) is 0.850. The van der Waals surface area contributed by atoms with Crippen LogP contribution in [0, 0.1) is 0 Å². The second kappa shape index (κ2) is 4.92.